The molecule has 2 aromatic rings. The lowest BCUT2D eigenvalue weighted by Crippen LogP contribution is -2.39. The summed E-state index contributed by atoms with van der Waals surface area (Å²) in [4.78, 5) is -0.112. The van der Waals surface area contributed by atoms with Crippen LogP contribution in [0, 0.1) is 5.92 Å². The molecule has 1 aliphatic heterocycles. The molecule has 0 radical (unpaired) electrons. The summed E-state index contributed by atoms with van der Waals surface area (Å²) in [6, 6.07) is 13.5. The summed E-state index contributed by atoms with van der Waals surface area (Å²) in [7, 11) is -3.79. The minimum Gasteiger partial charge on any atom is -0.376 e. The van der Waals surface area contributed by atoms with Gasteiger partial charge in [-0.15, -0.1) is 0 Å². The van der Waals surface area contributed by atoms with E-state index in [-0.39, 0.29) is 10.8 Å². The van der Waals surface area contributed by atoms with Crippen LogP contribution >= 0.6 is 0 Å². The highest BCUT2D eigenvalue weighted by Gasteiger charge is 2.32. The Balaban J connectivity index is 1.52. The van der Waals surface area contributed by atoms with Gasteiger partial charge in [-0.3, -0.25) is 0 Å². The van der Waals surface area contributed by atoms with Gasteiger partial charge in [0.2, 0.25) is 10.0 Å². The van der Waals surface area contributed by atoms with Crippen molar-refractivity contribution in [3.05, 3.63) is 65.7 Å². The Labute approximate surface area is 163 Å². The molecule has 0 bridgehead atoms. The van der Waals surface area contributed by atoms with Gasteiger partial charge in [-0.1, -0.05) is 30.3 Å². The molecule has 152 valence electrons. The number of hydrogen-bond donors (Lipinski definition) is 0. The zero-order chi connectivity index (χ0) is 20.2. The minimum absolute atomic E-state index is 0.112. The van der Waals surface area contributed by atoms with Crippen LogP contribution in [0.2, 0.25) is 0 Å². The van der Waals surface area contributed by atoms with Gasteiger partial charge < -0.3 is 4.74 Å². The third kappa shape index (κ3) is 5.12. The van der Waals surface area contributed by atoms with E-state index in [4.69, 9.17) is 4.74 Å². The minimum atomic E-state index is -4.49. The number of nitrogens with zero attached hydrogens (tertiary/aromatic N) is 1. The van der Waals surface area contributed by atoms with E-state index in [2.05, 4.69) is 0 Å². The van der Waals surface area contributed by atoms with E-state index < -0.39 is 21.8 Å². The van der Waals surface area contributed by atoms with E-state index in [0.29, 0.717) is 39.1 Å². The Hall–Kier alpha value is -1.90. The smallest absolute Gasteiger partial charge is 0.376 e. The number of sulfonamides is 1. The molecule has 1 fully saturated rings. The molecule has 4 nitrogen and oxygen atoms in total. The third-order valence-corrected chi connectivity index (χ3v) is 6.77. The van der Waals surface area contributed by atoms with Gasteiger partial charge in [-0.25, -0.2) is 8.42 Å². The van der Waals surface area contributed by atoms with Crippen LogP contribution in [0.4, 0.5) is 13.2 Å². The molecule has 0 atom stereocenters. The molecule has 2 aromatic carbocycles. The Morgan fingerprint density at radius 2 is 1.57 bits per heavy atom. The highest BCUT2D eigenvalue weighted by Crippen LogP contribution is 2.31. The van der Waals surface area contributed by atoms with E-state index in [1.807, 2.05) is 30.3 Å². The number of piperidine rings is 1. The van der Waals surface area contributed by atoms with Crippen LogP contribution in [0.15, 0.2) is 59.5 Å². The van der Waals surface area contributed by atoms with Crippen molar-refractivity contribution < 1.29 is 26.3 Å². The van der Waals surface area contributed by atoms with Gasteiger partial charge >= 0.3 is 6.18 Å². The summed E-state index contributed by atoms with van der Waals surface area (Å²) in [5, 5.41) is 0. The molecule has 1 aliphatic rings. The molecule has 0 aromatic heterocycles. The van der Waals surface area contributed by atoms with Crippen LogP contribution in [0.25, 0.3) is 0 Å². The second-order valence-corrected chi connectivity index (χ2v) is 8.81. The Morgan fingerprint density at radius 3 is 2.14 bits per heavy atom. The highest BCUT2D eigenvalue weighted by molar-refractivity contribution is 7.89. The first kappa shape index (κ1) is 20.8. The average molecular weight is 413 g/mol. The fraction of sp³-hybridized carbons (Fsp3) is 0.400. The maximum atomic E-state index is 12.7. The summed E-state index contributed by atoms with van der Waals surface area (Å²) < 4.78 is 70.4. The summed E-state index contributed by atoms with van der Waals surface area (Å²) in [5.41, 5.74) is 0.227. The molecule has 1 saturated heterocycles. The van der Waals surface area contributed by atoms with Gasteiger partial charge in [0.25, 0.3) is 0 Å². The van der Waals surface area contributed by atoms with Crippen molar-refractivity contribution in [2.75, 3.05) is 19.7 Å². The van der Waals surface area contributed by atoms with Crippen LogP contribution in [0.1, 0.15) is 24.0 Å². The van der Waals surface area contributed by atoms with Crippen LogP contribution in [0.5, 0.6) is 0 Å². The van der Waals surface area contributed by atoms with Crippen molar-refractivity contribution in [1.82, 2.24) is 4.31 Å². The Bertz CT molecular complexity index is 860. The van der Waals surface area contributed by atoms with E-state index in [1.165, 1.54) is 4.31 Å². The van der Waals surface area contributed by atoms with Crippen molar-refractivity contribution in [2.45, 2.75) is 30.5 Å². The molecule has 0 amide bonds. The summed E-state index contributed by atoms with van der Waals surface area (Å²) in [5.74, 6) is 0.266. The number of benzene rings is 2. The maximum absolute atomic E-state index is 12.7. The SMILES string of the molecule is O=S(=O)(c1ccc(C(F)(F)F)cc1)N1CCC(COCc2ccccc2)CC1. The highest BCUT2D eigenvalue weighted by atomic mass is 32.2. The lowest BCUT2D eigenvalue weighted by molar-refractivity contribution is -0.137. The van der Waals surface area contributed by atoms with Gasteiger partial charge in [0.05, 0.1) is 17.1 Å². The molecule has 3 rings (SSSR count). The van der Waals surface area contributed by atoms with E-state index in [0.717, 1.165) is 29.8 Å². The normalized spacial score (nSPS) is 17.0. The summed E-state index contributed by atoms with van der Waals surface area (Å²) >= 11 is 0. The van der Waals surface area contributed by atoms with Crippen LogP contribution in [-0.2, 0) is 27.5 Å². The molecule has 0 N–H and O–H groups in total. The average Bonchev–Trinajstić information content (AvgIpc) is 2.69. The molecular formula is C20H22F3NO3S. The number of hydrogen-bond acceptors (Lipinski definition) is 3. The molecule has 0 saturated carbocycles. The lowest BCUT2D eigenvalue weighted by atomic mass is 9.99. The molecule has 28 heavy (non-hydrogen) atoms. The van der Waals surface area contributed by atoms with Gasteiger partial charge in [0.15, 0.2) is 0 Å². The van der Waals surface area contributed by atoms with Gasteiger partial charge in [0, 0.05) is 19.7 Å². The Kier molecular flexibility index (Phi) is 6.42. The molecule has 8 heteroatoms. The quantitative estimate of drug-likeness (QED) is 0.709. The number of rotatable bonds is 6. The summed E-state index contributed by atoms with van der Waals surface area (Å²) in [6.45, 7) is 1.75. The largest absolute Gasteiger partial charge is 0.416 e. The predicted octanol–water partition coefficient (Wildman–Crippen LogP) is 4.32. The van der Waals surface area contributed by atoms with Crippen LogP contribution in [0.3, 0.4) is 0 Å². The first-order valence-corrected chi connectivity index (χ1v) is 10.5. The fourth-order valence-corrected chi connectivity index (χ4v) is 4.67. The number of halogens is 3. The van der Waals surface area contributed by atoms with Crippen molar-refractivity contribution >= 4 is 10.0 Å². The monoisotopic (exact) mass is 413 g/mol. The van der Waals surface area contributed by atoms with Crippen molar-refractivity contribution in [1.29, 1.82) is 0 Å². The van der Waals surface area contributed by atoms with Crippen molar-refractivity contribution in [3.8, 4) is 0 Å². The maximum Gasteiger partial charge on any atom is 0.416 e. The van der Waals surface area contributed by atoms with Crippen molar-refractivity contribution in [3.63, 3.8) is 0 Å². The van der Waals surface area contributed by atoms with Gasteiger partial charge in [0.1, 0.15) is 0 Å². The van der Waals surface area contributed by atoms with Gasteiger partial charge in [-0.2, -0.15) is 17.5 Å². The molecule has 0 spiro atoms. The second kappa shape index (κ2) is 8.63. The molecular weight excluding hydrogens is 391 g/mol. The Morgan fingerprint density at radius 1 is 0.964 bits per heavy atom. The fourth-order valence-electron chi connectivity index (χ4n) is 3.20. The van der Waals surface area contributed by atoms with E-state index >= 15 is 0 Å². The van der Waals surface area contributed by atoms with E-state index in [1.54, 1.807) is 0 Å². The van der Waals surface area contributed by atoms with Gasteiger partial charge in [-0.05, 0) is 48.6 Å². The first-order valence-electron chi connectivity index (χ1n) is 9.06. The zero-order valence-electron chi connectivity index (χ0n) is 15.2. The standard InChI is InChI=1S/C20H22F3NO3S/c21-20(22,23)18-6-8-19(9-7-18)28(25,26)24-12-10-17(11-13-24)15-27-14-16-4-2-1-3-5-16/h1-9,17H,10-15H2. The van der Waals surface area contributed by atoms with Crippen molar-refractivity contribution in [2.24, 2.45) is 5.92 Å². The molecule has 1 heterocycles. The third-order valence-electron chi connectivity index (χ3n) is 4.86. The zero-order valence-corrected chi connectivity index (χ0v) is 16.0. The lowest BCUT2D eigenvalue weighted by Gasteiger charge is -2.31. The van der Waals surface area contributed by atoms with Crippen LogP contribution in [-0.4, -0.2) is 32.4 Å². The topological polar surface area (TPSA) is 46.6 Å². The number of alkyl halides is 3. The first-order chi connectivity index (χ1) is 13.3. The van der Waals surface area contributed by atoms with Crippen LogP contribution < -0.4 is 0 Å². The molecule has 0 unspecified atom stereocenters. The predicted molar refractivity (Wildman–Crippen MR) is 99.0 cm³/mol. The second-order valence-electron chi connectivity index (χ2n) is 6.87. The molecule has 0 aliphatic carbocycles. The van der Waals surface area contributed by atoms with E-state index in [9.17, 15) is 21.6 Å². The number of ether oxygens (including phenoxy) is 1. The summed E-state index contributed by atoms with van der Waals surface area (Å²) in [6.07, 6.45) is -3.16.